The van der Waals surface area contributed by atoms with E-state index >= 15 is 0 Å². The molecule has 6 nitrogen and oxygen atoms in total. The lowest BCUT2D eigenvalue weighted by molar-refractivity contribution is 0.0961. The Morgan fingerprint density at radius 1 is 1.13 bits per heavy atom. The molecule has 0 fully saturated rings. The van der Waals surface area contributed by atoms with Crippen molar-refractivity contribution in [1.82, 2.24) is 15.1 Å². The van der Waals surface area contributed by atoms with Crippen LogP contribution in [0, 0.1) is 0 Å². The van der Waals surface area contributed by atoms with Crippen molar-refractivity contribution >= 4 is 17.5 Å². The largest absolute Gasteiger partial charge is 0.355 e. The Bertz CT molecular complexity index is 741. The van der Waals surface area contributed by atoms with Crippen molar-refractivity contribution in [2.45, 2.75) is 26.2 Å². The van der Waals surface area contributed by atoms with Crippen LogP contribution in [0.5, 0.6) is 0 Å². The SMILES string of the molecule is CNC(=O)c1cccc(NC(=O)c2cc(C(C)(C)C)nn2C)c1. The molecule has 1 heterocycles. The van der Waals surface area contributed by atoms with E-state index < -0.39 is 0 Å². The van der Waals surface area contributed by atoms with Gasteiger partial charge in [-0.2, -0.15) is 5.10 Å². The Morgan fingerprint density at radius 3 is 2.39 bits per heavy atom. The van der Waals surface area contributed by atoms with Crippen molar-refractivity contribution in [2.75, 3.05) is 12.4 Å². The summed E-state index contributed by atoms with van der Waals surface area (Å²) < 4.78 is 1.57. The smallest absolute Gasteiger partial charge is 0.273 e. The number of nitrogens with zero attached hydrogens (tertiary/aromatic N) is 2. The number of hydrogen-bond acceptors (Lipinski definition) is 3. The number of hydrogen-bond donors (Lipinski definition) is 2. The lowest BCUT2D eigenvalue weighted by atomic mass is 9.92. The molecule has 0 saturated heterocycles. The lowest BCUT2D eigenvalue weighted by Crippen LogP contribution is -2.19. The molecule has 0 spiro atoms. The molecule has 0 atom stereocenters. The first-order valence-electron chi connectivity index (χ1n) is 7.40. The second kappa shape index (κ2) is 6.24. The quantitative estimate of drug-likeness (QED) is 0.913. The number of aryl methyl sites for hydroxylation is 1. The minimum absolute atomic E-state index is 0.130. The fourth-order valence-electron chi connectivity index (χ4n) is 2.12. The highest BCUT2D eigenvalue weighted by atomic mass is 16.2. The fraction of sp³-hybridized carbons (Fsp3) is 0.353. The highest BCUT2D eigenvalue weighted by Gasteiger charge is 2.21. The first-order chi connectivity index (χ1) is 10.7. The van der Waals surface area contributed by atoms with Gasteiger partial charge in [0.1, 0.15) is 5.69 Å². The van der Waals surface area contributed by atoms with E-state index in [9.17, 15) is 9.59 Å². The van der Waals surface area contributed by atoms with Crippen LogP contribution in [0.15, 0.2) is 30.3 Å². The maximum absolute atomic E-state index is 12.5. The molecule has 0 radical (unpaired) electrons. The van der Waals surface area contributed by atoms with E-state index in [2.05, 4.69) is 15.7 Å². The average molecular weight is 314 g/mol. The van der Waals surface area contributed by atoms with Gasteiger partial charge in [0.2, 0.25) is 0 Å². The van der Waals surface area contributed by atoms with Gasteiger partial charge in [0.25, 0.3) is 11.8 Å². The fourth-order valence-corrected chi connectivity index (χ4v) is 2.12. The summed E-state index contributed by atoms with van der Waals surface area (Å²) in [4.78, 5) is 24.1. The molecule has 6 heteroatoms. The summed E-state index contributed by atoms with van der Waals surface area (Å²) in [6.07, 6.45) is 0. The maximum Gasteiger partial charge on any atom is 0.273 e. The summed E-state index contributed by atoms with van der Waals surface area (Å²) in [6.45, 7) is 6.14. The zero-order valence-corrected chi connectivity index (χ0v) is 14.1. The normalized spacial score (nSPS) is 11.2. The molecule has 0 aliphatic heterocycles. The number of aromatic nitrogens is 2. The van der Waals surface area contributed by atoms with E-state index in [-0.39, 0.29) is 17.2 Å². The third-order valence-electron chi connectivity index (χ3n) is 3.49. The lowest BCUT2D eigenvalue weighted by Gasteiger charge is -2.13. The van der Waals surface area contributed by atoms with Gasteiger partial charge in [-0.25, -0.2) is 0 Å². The Morgan fingerprint density at radius 2 is 1.83 bits per heavy atom. The monoisotopic (exact) mass is 314 g/mol. The number of benzene rings is 1. The Kier molecular flexibility index (Phi) is 4.54. The van der Waals surface area contributed by atoms with Crippen molar-refractivity contribution < 1.29 is 9.59 Å². The minimum Gasteiger partial charge on any atom is -0.355 e. The van der Waals surface area contributed by atoms with Crippen LogP contribution in [-0.4, -0.2) is 28.6 Å². The zero-order valence-electron chi connectivity index (χ0n) is 14.1. The molecule has 0 aliphatic rings. The molecule has 1 aromatic heterocycles. The Balaban J connectivity index is 2.23. The molecular formula is C17H22N4O2. The molecule has 2 aromatic rings. The zero-order chi connectivity index (χ0) is 17.2. The highest BCUT2D eigenvalue weighted by molar-refractivity contribution is 6.04. The number of nitrogens with one attached hydrogen (secondary N) is 2. The van der Waals surface area contributed by atoms with Crippen LogP contribution in [0.3, 0.4) is 0 Å². The predicted molar refractivity (Wildman–Crippen MR) is 89.7 cm³/mol. The van der Waals surface area contributed by atoms with Crippen LogP contribution in [-0.2, 0) is 12.5 Å². The van der Waals surface area contributed by atoms with Gasteiger partial charge >= 0.3 is 0 Å². The van der Waals surface area contributed by atoms with Gasteiger partial charge in [-0.3, -0.25) is 14.3 Å². The third kappa shape index (κ3) is 3.77. The van der Waals surface area contributed by atoms with Crippen LogP contribution in [0.4, 0.5) is 5.69 Å². The number of amides is 2. The van der Waals surface area contributed by atoms with Crippen LogP contribution in [0.2, 0.25) is 0 Å². The van der Waals surface area contributed by atoms with E-state index in [4.69, 9.17) is 0 Å². The summed E-state index contributed by atoms with van der Waals surface area (Å²) in [7, 11) is 3.31. The average Bonchev–Trinajstić information content (AvgIpc) is 2.89. The van der Waals surface area contributed by atoms with Crippen LogP contribution >= 0.6 is 0 Å². The molecule has 122 valence electrons. The third-order valence-corrected chi connectivity index (χ3v) is 3.49. The molecule has 23 heavy (non-hydrogen) atoms. The first kappa shape index (κ1) is 16.7. The summed E-state index contributed by atoms with van der Waals surface area (Å²) in [6, 6.07) is 8.58. The number of anilines is 1. The summed E-state index contributed by atoms with van der Waals surface area (Å²) in [5.74, 6) is -0.457. The summed E-state index contributed by atoms with van der Waals surface area (Å²) >= 11 is 0. The second-order valence-electron chi connectivity index (χ2n) is 6.40. The summed E-state index contributed by atoms with van der Waals surface area (Å²) in [5, 5.41) is 9.76. The van der Waals surface area contributed by atoms with Crippen LogP contribution in [0.25, 0.3) is 0 Å². The van der Waals surface area contributed by atoms with Crippen LogP contribution < -0.4 is 10.6 Å². The van der Waals surface area contributed by atoms with E-state index in [0.717, 1.165) is 5.69 Å². The molecule has 0 bridgehead atoms. The molecule has 2 amide bonds. The topological polar surface area (TPSA) is 76.0 Å². The summed E-state index contributed by atoms with van der Waals surface area (Å²) in [5.41, 5.74) is 2.25. The Hall–Kier alpha value is -2.63. The van der Waals surface area contributed by atoms with Gasteiger partial charge < -0.3 is 10.6 Å². The molecule has 2 N–H and O–H groups in total. The van der Waals surface area contributed by atoms with E-state index in [1.807, 2.05) is 20.8 Å². The van der Waals surface area contributed by atoms with Crippen molar-refractivity contribution in [1.29, 1.82) is 0 Å². The molecule has 1 aromatic carbocycles. The molecule has 2 rings (SSSR count). The van der Waals surface area contributed by atoms with Gasteiger partial charge in [-0.1, -0.05) is 26.8 Å². The first-order valence-corrected chi connectivity index (χ1v) is 7.40. The predicted octanol–water partition coefficient (Wildman–Crippen LogP) is 2.33. The second-order valence-corrected chi connectivity index (χ2v) is 6.40. The maximum atomic E-state index is 12.5. The van der Waals surface area contributed by atoms with Crippen molar-refractivity contribution in [3.8, 4) is 0 Å². The molecular weight excluding hydrogens is 292 g/mol. The number of rotatable bonds is 3. The van der Waals surface area contributed by atoms with Crippen LogP contribution in [0.1, 0.15) is 47.3 Å². The number of carbonyl (C=O) groups excluding carboxylic acids is 2. The van der Waals surface area contributed by atoms with E-state index in [0.29, 0.717) is 16.9 Å². The van der Waals surface area contributed by atoms with Crippen molar-refractivity contribution in [3.63, 3.8) is 0 Å². The molecule has 0 unspecified atom stereocenters. The van der Waals surface area contributed by atoms with Gasteiger partial charge in [-0.15, -0.1) is 0 Å². The minimum atomic E-state index is -0.260. The van der Waals surface area contributed by atoms with Gasteiger partial charge in [0.05, 0.1) is 5.69 Å². The van der Waals surface area contributed by atoms with E-state index in [1.165, 1.54) is 0 Å². The Labute approximate surface area is 135 Å². The molecule has 0 aliphatic carbocycles. The van der Waals surface area contributed by atoms with Gasteiger partial charge in [0.15, 0.2) is 0 Å². The number of carbonyl (C=O) groups is 2. The molecule has 0 saturated carbocycles. The van der Waals surface area contributed by atoms with Gasteiger partial charge in [-0.05, 0) is 24.3 Å². The highest BCUT2D eigenvalue weighted by Crippen LogP contribution is 2.22. The van der Waals surface area contributed by atoms with Crippen molar-refractivity contribution in [2.24, 2.45) is 7.05 Å². The van der Waals surface area contributed by atoms with E-state index in [1.54, 1.807) is 49.1 Å². The van der Waals surface area contributed by atoms with Crippen molar-refractivity contribution in [3.05, 3.63) is 47.3 Å². The van der Waals surface area contributed by atoms with Gasteiger partial charge in [0, 0.05) is 30.8 Å². The standard InChI is InChI=1S/C17H22N4O2/c1-17(2,3)14-10-13(21(5)20-14)16(23)19-12-8-6-7-11(9-12)15(22)18-4/h6-10H,1-5H3,(H,18,22)(H,19,23).